The summed E-state index contributed by atoms with van der Waals surface area (Å²) in [5.41, 5.74) is 4.94. The van der Waals surface area contributed by atoms with Crippen molar-refractivity contribution < 1.29 is 19.7 Å². The van der Waals surface area contributed by atoms with Crippen LogP contribution in [0.2, 0.25) is 0 Å². The SMILES string of the molecule is Cc1ccc(-c2nnc(-c3cc(-c4nnc(-c5ccc(O[B]O)cc5)nn4)cc(-c4nnc(-c5ccc(B(O)O)cc5)nn4)c3)nn2)cc1. The molecule has 3 aromatic heterocycles. The van der Waals surface area contributed by atoms with E-state index in [1.165, 1.54) is 0 Å². The Kier molecular flexibility index (Phi) is 8.70. The minimum absolute atomic E-state index is 0.186. The van der Waals surface area contributed by atoms with E-state index in [1.807, 2.05) is 31.2 Å². The van der Waals surface area contributed by atoms with Gasteiger partial charge in [-0.3, -0.25) is 0 Å². The van der Waals surface area contributed by atoms with Gasteiger partial charge in [0.1, 0.15) is 5.75 Å². The average Bonchev–Trinajstić information content (AvgIpc) is 3.16. The van der Waals surface area contributed by atoms with Gasteiger partial charge >= 0.3 is 14.8 Å². The van der Waals surface area contributed by atoms with Crippen molar-refractivity contribution >= 4 is 20.3 Å². The van der Waals surface area contributed by atoms with Crippen LogP contribution in [-0.2, 0) is 0 Å². The van der Waals surface area contributed by atoms with Crippen molar-refractivity contribution in [3.8, 4) is 74.1 Å². The van der Waals surface area contributed by atoms with E-state index in [0.29, 0.717) is 52.5 Å². The Morgan fingerprint density at radius 1 is 0.449 bits per heavy atom. The van der Waals surface area contributed by atoms with E-state index in [1.54, 1.807) is 66.7 Å². The summed E-state index contributed by atoms with van der Waals surface area (Å²) < 4.78 is 4.95. The lowest BCUT2D eigenvalue weighted by Crippen LogP contribution is -2.29. The van der Waals surface area contributed by atoms with Crippen LogP contribution in [0, 0.1) is 6.92 Å². The van der Waals surface area contributed by atoms with E-state index in [-0.39, 0.29) is 29.1 Å². The fourth-order valence-electron chi connectivity index (χ4n) is 4.65. The van der Waals surface area contributed by atoms with Gasteiger partial charge in [0, 0.05) is 33.4 Å². The van der Waals surface area contributed by atoms with E-state index >= 15 is 0 Å². The summed E-state index contributed by atoms with van der Waals surface area (Å²) in [5.74, 6) is 1.93. The van der Waals surface area contributed by atoms with Crippen LogP contribution in [0.15, 0.2) is 91.0 Å². The molecule has 16 nitrogen and oxygen atoms in total. The highest BCUT2D eigenvalue weighted by atomic mass is 16.5. The Balaban J connectivity index is 1.24. The van der Waals surface area contributed by atoms with Crippen molar-refractivity contribution in [1.82, 2.24) is 61.2 Å². The molecule has 7 aromatic rings. The molecule has 3 heterocycles. The second-order valence-electron chi connectivity index (χ2n) is 10.6. The second-order valence-corrected chi connectivity index (χ2v) is 10.6. The normalized spacial score (nSPS) is 10.9. The van der Waals surface area contributed by atoms with Crippen molar-refractivity contribution in [3.63, 3.8) is 0 Å². The lowest BCUT2D eigenvalue weighted by atomic mass is 9.80. The molecule has 4 aromatic carbocycles. The van der Waals surface area contributed by atoms with Gasteiger partial charge in [-0.2, -0.15) is 0 Å². The van der Waals surface area contributed by atoms with Crippen molar-refractivity contribution in [3.05, 3.63) is 96.6 Å². The molecule has 0 amide bonds. The van der Waals surface area contributed by atoms with Gasteiger partial charge < -0.3 is 19.7 Å². The first-order valence-corrected chi connectivity index (χ1v) is 14.6. The third-order valence-corrected chi connectivity index (χ3v) is 7.22. The number of aromatic nitrogens is 12. The van der Waals surface area contributed by atoms with Crippen LogP contribution in [0.4, 0.5) is 0 Å². The molecular formula is C31H21B2N12O4. The third kappa shape index (κ3) is 6.96. The topological polar surface area (TPSA) is 225 Å². The van der Waals surface area contributed by atoms with Gasteiger partial charge in [-0.15, -0.1) is 61.2 Å². The van der Waals surface area contributed by atoms with Crippen LogP contribution in [0.1, 0.15) is 5.56 Å². The quantitative estimate of drug-likeness (QED) is 0.188. The third-order valence-electron chi connectivity index (χ3n) is 7.22. The largest absolute Gasteiger partial charge is 0.569 e. The number of rotatable bonds is 9. The van der Waals surface area contributed by atoms with Crippen LogP contribution in [0.3, 0.4) is 0 Å². The van der Waals surface area contributed by atoms with E-state index in [0.717, 1.165) is 11.1 Å². The van der Waals surface area contributed by atoms with Gasteiger partial charge in [0.2, 0.25) is 34.9 Å². The number of aryl methyl sites for hydroxylation is 1. The van der Waals surface area contributed by atoms with Crippen molar-refractivity contribution in [2.24, 2.45) is 0 Å². The van der Waals surface area contributed by atoms with E-state index in [9.17, 15) is 10.0 Å². The molecule has 0 aliphatic heterocycles. The molecule has 49 heavy (non-hydrogen) atoms. The predicted octanol–water partition coefficient (Wildman–Crippen LogP) is 1.32. The number of nitrogens with zero attached hydrogens (tertiary/aromatic N) is 12. The molecule has 0 spiro atoms. The molecule has 0 fully saturated rings. The highest BCUT2D eigenvalue weighted by molar-refractivity contribution is 6.58. The zero-order valence-corrected chi connectivity index (χ0v) is 25.4. The maximum Gasteiger partial charge on any atom is 0.569 e. The van der Waals surface area contributed by atoms with Gasteiger partial charge in [0.15, 0.2) is 0 Å². The van der Waals surface area contributed by atoms with E-state index in [4.69, 9.17) is 9.68 Å². The second kappa shape index (κ2) is 13.7. The van der Waals surface area contributed by atoms with Gasteiger partial charge in [0.25, 0.3) is 0 Å². The average molecular weight is 647 g/mol. The summed E-state index contributed by atoms with van der Waals surface area (Å²) in [6.45, 7) is 1.99. The summed E-state index contributed by atoms with van der Waals surface area (Å²) in [5, 5.41) is 79.0. The Morgan fingerprint density at radius 2 is 0.755 bits per heavy atom. The van der Waals surface area contributed by atoms with Crippen LogP contribution >= 0.6 is 0 Å². The Labute approximate surface area is 278 Å². The molecular weight excluding hydrogens is 626 g/mol. The van der Waals surface area contributed by atoms with E-state index in [2.05, 4.69) is 61.2 Å². The van der Waals surface area contributed by atoms with Gasteiger partial charge in [-0.05, 0) is 54.9 Å². The molecule has 7 rings (SSSR count). The summed E-state index contributed by atoms with van der Waals surface area (Å²) in [6, 6.07) is 26.0. The maximum absolute atomic E-state index is 9.38. The highest BCUT2D eigenvalue weighted by Crippen LogP contribution is 2.29. The van der Waals surface area contributed by atoms with Crippen LogP contribution < -0.4 is 10.1 Å². The Bertz CT molecular complexity index is 2200. The molecule has 0 saturated carbocycles. The minimum Gasteiger partial charge on any atom is -0.537 e. The molecule has 0 unspecified atom stereocenters. The van der Waals surface area contributed by atoms with Crippen molar-refractivity contribution in [2.45, 2.75) is 6.92 Å². The smallest absolute Gasteiger partial charge is 0.537 e. The van der Waals surface area contributed by atoms with Gasteiger partial charge in [-0.1, -0.05) is 54.1 Å². The predicted molar refractivity (Wildman–Crippen MR) is 176 cm³/mol. The van der Waals surface area contributed by atoms with Crippen LogP contribution in [0.5, 0.6) is 5.75 Å². The van der Waals surface area contributed by atoms with E-state index < -0.39 is 7.12 Å². The molecule has 3 N–H and O–H groups in total. The van der Waals surface area contributed by atoms with Crippen molar-refractivity contribution in [2.75, 3.05) is 0 Å². The summed E-state index contributed by atoms with van der Waals surface area (Å²) >= 11 is 0. The first-order valence-electron chi connectivity index (χ1n) is 14.6. The number of benzene rings is 4. The first-order chi connectivity index (χ1) is 23.9. The maximum atomic E-state index is 9.38. The lowest BCUT2D eigenvalue weighted by molar-refractivity contribution is 0.425. The molecule has 0 aliphatic carbocycles. The first kappa shape index (κ1) is 31.1. The summed E-state index contributed by atoms with van der Waals surface area (Å²) in [7, 11) is -0.997. The number of hydrogen-bond acceptors (Lipinski definition) is 16. The van der Waals surface area contributed by atoms with Gasteiger partial charge in [0.05, 0.1) is 0 Å². The lowest BCUT2D eigenvalue weighted by Gasteiger charge is -2.08. The molecule has 0 saturated heterocycles. The van der Waals surface area contributed by atoms with Crippen molar-refractivity contribution in [1.29, 1.82) is 0 Å². The fourth-order valence-corrected chi connectivity index (χ4v) is 4.65. The standard InChI is InChI=1S/C31H21B2N12O4/c1-17-2-4-18(5-3-17)26-34-40-29(41-35-26)21-14-22(30-42-36-27(37-43-30)19-6-10-24(11-7-19)33(47)48)16-23(15-21)31-44-38-28(39-45-31)20-8-12-25(13-9-20)49-32-46/h2-16,46-48H,1H3. The Morgan fingerprint density at radius 3 is 1.08 bits per heavy atom. The molecule has 18 heteroatoms. The summed E-state index contributed by atoms with van der Waals surface area (Å²) in [6.07, 6.45) is 0. The highest BCUT2D eigenvalue weighted by Gasteiger charge is 2.17. The van der Waals surface area contributed by atoms with Gasteiger partial charge in [-0.25, -0.2) is 0 Å². The molecule has 0 aliphatic rings. The number of hydrogen-bond donors (Lipinski definition) is 3. The monoisotopic (exact) mass is 647 g/mol. The van der Waals surface area contributed by atoms with Crippen LogP contribution in [-0.4, -0.2) is 91.1 Å². The Hall–Kier alpha value is -6.49. The molecule has 1 radical (unpaired) electrons. The fraction of sp³-hybridized carbons (Fsp3) is 0.0323. The molecule has 0 atom stereocenters. The molecule has 0 bridgehead atoms. The zero-order chi connectivity index (χ0) is 33.7. The minimum atomic E-state index is -1.59. The van der Waals surface area contributed by atoms with Crippen LogP contribution in [0.25, 0.3) is 68.3 Å². The summed E-state index contributed by atoms with van der Waals surface area (Å²) in [4.78, 5) is 0. The molecule has 235 valence electrons. The zero-order valence-electron chi connectivity index (χ0n) is 25.4.